The number of rotatable bonds is 13. The monoisotopic (exact) mass is 1010 g/mol. The van der Waals surface area contributed by atoms with Crippen molar-refractivity contribution in [1.82, 2.24) is 10.6 Å². The van der Waals surface area contributed by atoms with Crippen LogP contribution < -0.4 is 10.6 Å². The number of unbranched alkanes of at least 4 members (excludes halogenated alkanes) is 1. The lowest BCUT2D eigenvalue weighted by Crippen LogP contribution is -2.74. The van der Waals surface area contributed by atoms with E-state index in [0.29, 0.717) is 37.0 Å². The highest BCUT2D eigenvalue weighted by atomic mass is 16.7. The molecule has 17 heteroatoms. The van der Waals surface area contributed by atoms with Crippen molar-refractivity contribution in [1.29, 1.82) is 0 Å². The lowest BCUT2D eigenvalue weighted by molar-refractivity contribution is -0.316. The van der Waals surface area contributed by atoms with Crippen LogP contribution in [0.25, 0.3) is 0 Å². The maximum Gasteiger partial charge on any atom is 0.316 e. The number of aliphatic hydroxyl groups excluding tert-OH is 1. The van der Waals surface area contributed by atoms with Crippen LogP contribution in [-0.2, 0) is 61.8 Å². The van der Waals surface area contributed by atoms with Gasteiger partial charge in [-0.2, -0.15) is 0 Å². The van der Waals surface area contributed by atoms with Gasteiger partial charge in [0.2, 0.25) is 5.91 Å². The van der Waals surface area contributed by atoms with E-state index in [0.717, 1.165) is 24.8 Å². The molecule has 2 amide bonds. The van der Waals surface area contributed by atoms with Gasteiger partial charge in [-0.05, 0) is 69.2 Å². The van der Waals surface area contributed by atoms with Crippen LogP contribution in [-0.4, -0.2) is 152 Å². The van der Waals surface area contributed by atoms with Crippen molar-refractivity contribution < 1.29 is 72.0 Å². The molecule has 404 valence electrons. The van der Waals surface area contributed by atoms with Gasteiger partial charge in [-0.3, -0.25) is 14.4 Å². The Morgan fingerprint density at radius 1 is 0.944 bits per heavy atom. The van der Waals surface area contributed by atoms with Gasteiger partial charge in [-0.15, -0.1) is 0 Å². The Morgan fingerprint density at radius 3 is 2.39 bits per heavy atom. The molecule has 0 aromatic carbocycles. The maximum atomic E-state index is 14.4. The second kappa shape index (κ2) is 23.7. The Morgan fingerprint density at radius 2 is 1.69 bits per heavy atom. The summed E-state index contributed by atoms with van der Waals surface area (Å²) >= 11 is 0. The van der Waals surface area contributed by atoms with Gasteiger partial charge in [-0.1, -0.05) is 83.9 Å². The van der Waals surface area contributed by atoms with E-state index in [1.54, 1.807) is 33.1 Å². The minimum atomic E-state index is -1.87. The van der Waals surface area contributed by atoms with Gasteiger partial charge in [0.15, 0.2) is 23.9 Å². The lowest BCUT2D eigenvalue weighted by atomic mass is 9.71. The van der Waals surface area contributed by atoms with Gasteiger partial charge in [0.1, 0.15) is 35.9 Å². The van der Waals surface area contributed by atoms with Crippen LogP contribution in [0, 0.1) is 23.7 Å². The summed E-state index contributed by atoms with van der Waals surface area (Å²) in [5.74, 6) is -3.49. The Hall–Kier alpha value is -3.33. The topological polar surface area (TPSA) is 208 Å². The van der Waals surface area contributed by atoms with Crippen molar-refractivity contribution in [3.63, 3.8) is 0 Å². The molecule has 0 aromatic heterocycles. The maximum absolute atomic E-state index is 14.4. The third-order valence-corrected chi connectivity index (χ3v) is 16.3. The summed E-state index contributed by atoms with van der Waals surface area (Å²) in [6.07, 6.45) is 8.95. The molecular formula is C55H84N2O15. The largest absolute Gasteiger partial charge is 0.462 e. The molecule has 1 spiro atoms. The Balaban J connectivity index is 1.14. The van der Waals surface area contributed by atoms with Gasteiger partial charge in [0, 0.05) is 65.2 Å². The highest BCUT2D eigenvalue weighted by Crippen LogP contribution is 2.47. The Bertz CT molecular complexity index is 2080. The summed E-state index contributed by atoms with van der Waals surface area (Å²) in [6.45, 7) is 19.7. The van der Waals surface area contributed by atoms with Crippen LogP contribution in [0.15, 0.2) is 59.3 Å². The minimum Gasteiger partial charge on any atom is -0.462 e. The standard InChI is InChI=1S/C55H84N2O15/c1-13-15-23-56-52(61)54(57-37(10)58)36(9)67-45(27-43(54)64-12)70-49-35(8)66-44(26-42(49)63-11)69-47-31(4)17-16-18-38-29-65-50-46(59)34(7)24-41(55(38,50)62)51(60)68-40-25-39(20-19-32(47)5)71-53(28-40)22-21-33(6)48(72-53)30(3)14-2/h16-19,21-22,24,30-31,33,35-36,39-50,59,62H,13-15,20,23,25-29H2,1-12H3,(H,56,61)(H,57,58)/t30?,31?,33-,35-,36-,39+,40-,41-,42-,43-,44-,45-,46+,47-,48+,49-,50+,53+,54-,55+/m0/s1. The molecule has 6 aliphatic heterocycles. The Kier molecular flexibility index (Phi) is 18.6. The summed E-state index contributed by atoms with van der Waals surface area (Å²) in [4.78, 5) is 40.8. The van der Waals surface area contributed by atoms with Crippen molar-refractivity contribution >= 4 is 17.8 Å². The third-order valence-electron chi connectivity index (χ3n) is 16.3. The molecule has 0 saturated carbocycles. The molecule has 4 fully saturated rings. The minimum absolute atomic E-state index is 0.00785. The highest BCUT2D eigenvalue weighted by molar-refractivity contribution is 5.92. The van der Waals surface area contributed by atoms with E-state index in [-0.39, 0.29) is 55.1 Å². The fourth-order valence-corrected chi connectivity index (χ4v) is 12.0. The van der Waals surface area contributed by atoms with E-state index < -0.39 is 102 Å². The molecule has 2 bridgehead atoms. The van der Waals surface area contributed by atoms with Gasteiger partial charge in [-0.25, -0.2) is 0 Å². The average molecular weight is 1010 g/mol. The number of esters is 1. The summed E-state index contributed by atoms with van der Waals surface area (Å²) in [6, 6.07) is 0. The quantitative estimate of drug-likeness (QED) is 0.0976. The number of methoxy groups -OCH3 is 2. The van der Waals surface area contributed by atoms with E-state index in [1.807, 2.05) is 45.9 Å². The second-order valence-electron chi connectivity index (χ2n) is 21.5. The van der Waals surface area contributed by atoms with Crippen LogP contribution in [0.4, 0.5) is 0 Å². The first kappa shape index (κ1) is 56.4. The molecule has 6 heterocycles. The van der Waals surface area contributed by atoms with E-state index in [4.69, 9.17) is 47.4 Å². The molecule has 20 atom stereocenters. The molecule has 0 radical (unpaired) electrons. The molecule has 1 aliphatic carbocycles. The number of carbonyl (C=O) groups is 3. The SMILES string of the molecule is CCCCNC(=O)[C@]1(NC(C)=O)[C@H](C)O[C@@H](O[C@H]2[C@H](C)O[C@@H](O[C@@H]3C(C)=CC[C@@H]4C[C@@H](C[C@]5(C=C[C@H](C)[C@@H](C(C)CC)O5)O4)OC(=O)[C@@H]4C=C(C)[C@@H](O)[C@H]5OCC(=CC=CC3C)[C@]54O)C[C@@H]2OC)C[C@@H]1OC. The van der Waals surface area contributed by atoms with Gasteiger partial charge in [0.25, 0.3) is 5.91 Å². The average Bonchev–Trinajstić information content (AvgIpc) is 3.68. The lowest BCUT2D eigenvalue weighted by Gasteiger charge is -2.49. The second-order valence-corrected chi connectivity index (χ2v) is 21.5. The van der Waals surface area contributed by atoms with Crippen molar-refractivity contribution in [3.8, 4) is 0 Å². The van der Waals surface area contributed by atoms with Crippen LogP contribution in [0.2, 0.25) is 0 Å². The zero-order valence-electron chi connectivity index (χ0n) is 44.6. The third kappa shape index (κ3) is 11.6. The number of allylic oxidation sites excluding steroid dienone is 2. The van der Waals surface area contributed by atoms with Crippen LogP contribution >= 0.6 is 0 Å². The number of hydrogen-bond acceptors (Lipinski definition) is 15. The smallest absolute Gasteiger partial charge is 0.316 e. The summed E-state index contributed by atoms with van der Waals surface area (Å²) in [5.41, 5.74) is -1.45. The molecular weight excluding hydrogens is 929 g/mol. The number of hydrogen-bond donors (Lipinski definition) is 4. The highest BCUT2D eigenvalue weighted by Gasteiger charge is 2.61. The van der Waals surface area contributed by atoms with Crippen molar-refractivity contribution in [2.75, 3.05) is 27.4 Å². The zero-order chi connectivity index (χ0) is 52.3. The number of amides is 2. The van der Waals surface area contributed by atoms with Crippen LogP contribution in [0.5, 0.6) is 0 Å². The summed E-state index contributed by atoms with van der Waals surface area (Å²) < 4.78 is 65.0. The van der Waals surface area contributed by atoms with E-state index in [9.17, 15) is 24.6 Å². The predicted molar refractivity (Wildman–Crippen MR) is 266 cm³/mol. The van der Waals surface area contributed by atoms with Crippen molar-refractivity contribution in [2.45, 2.75) is 217 Å². The number of ether oxygens (including phenoxy) is 10. The van der Waals surface area contributed by atoms with Crippen molar-refractivity contribution in [3.05, 3.63) is 59.3 Å². The predicted octanol–water partition coefficient (Wildman–Crippen LogP) is 5.81. The number of carbonyl (C=O) groups excluding carboxylic acids is 3. The van der Waals surface area contributed by atoms with E-state index in [2.05, 4.69) is 43.6 Å². The first-order chi connectivity index (χ1) is 34.2. The number of fused-ring (bicyclic) bond motifs is 2. The molecule has 4 saturated heterocycles. The first-order valence-corrected chi connectivity index (χ1v) is 26.5. The van der Waals surface area contributed by atoms with E-state index in [1.165, 1.54) is 14.0 Å². The molecule has 7 rings (SSSR count). The normalized spacial score (nSPS) is 42.9. The van der Waals surface area contributed by atoms with Gasteiger partial charge in [0.05, 0.1) is 49.3 Å². The Labute approximate surface area is 426 Å². The fourth-order valence-electron chi connectivity index (χ4n) is 12.0. The van der Waals surface area contributed by atoms with Gasteiger partial charge < -0.3 is 68.2 Å². The first-order valence-electron chi connectivity index (χ1n) is 26.5. The summed E-state index contributed by atoms with van der Waals surface area (Å²) in [7, 11) is 3.13. The molecule has 72 heavy (non-hydrogen) atoms. The number of aliphatic hydroxyl groups is 2. The fraction of sp³-hybridized carbons (Fsp3) is 0.764. The van der Waals surface area contributed by atoms with E-state index >= 15 is 0 Å². The summed E-state index contributed by atoms with van der Waals surface area (Å²) in [5, 5.41) is 29.7. The zero-order valence-corrected chi connectivity index (χ0v) is 44.6. The number of nitrogens with one attached hydrogen (secondary N) is 2. The van der Waals surface area contributed by atoms with Crippen molar-refractivity contribution in [2.24, 2.45) is 23.7 Å². The molecule has 17 nitrogen and oxygen atoms in total. The molecule has 7 aliphatic rings. The van der Waals surface area contributed by atoms with Crippen LogP contribution in [0.1, 0.15) is 121 Å². The molecule has 0 aromatic rings. The molecule has 2 unspecified atom stereocenters. The van der Waals surface area contributed by atoms with Crippen LogP contribution in [0.3, 0.4) is 0 Å². The molecule has 4 N–H and O–H groups in total. The van der Waals surface area contributed by atoms with Gasteiger partial charge >= 0.3 is 5.97 Å².